The third-order valence-corrected chi connectivity index (χ3v) is 11.2. The van der Waals surface area contributed by atoms with Gasteiger partial charge in [0.25, 0.3) is 0 Å². The van der Waals surface area contributed by atoms with E-state index in [2.05, 4.69) is 91.0 Å². The second-order valence-corrected chi connectivity index (χ2v) is 14.9. The van der Waals surface area contributed by atoms with Gasteiger partial charge in [0.1, 0.15) is 0 Å². The van der Waals surface area contributed by atoms with Crippen molar-refractivity contribution in [2.45, 2.75) is 0 Å². The molecule has 0 aliphatic carbocycles. The van der Waals surface area contributed by atoms with E-state index in [1.807, 2.05) is 120 Å². The van der Waals surface area contributed by atoms with Gasteiger partial charge in [-0.15, -0.1) is 0 Å². The Morgan fingerprint density at radius 3 is 1.30 bits per heavy atom. The zero-order valence-corrected chi connectivity index (χ0v) is 32.9. The van der Waals surface area contributed by atoms with E-state index in [0.717, 1.165) is 66.5 Å². The maximum absolute atomic E-state index is 9.31. The number of hydrogen-bond acceptors (Lipinski definition) is 3. The third-order valence-electron chi connectivity index (χ3n) is 11.2. The monoisotopic (exact) mass is 782 g/mol. The summed E-state index contributed by atoms with van der Waals surface area (Å²) >= 11 is 0. The normalized spacial score (nSPS) is 12.2. The largest absolute Gasteiger partial charge is 0.309 e. The highest BCUT2D eigenvalue weighted by Crippen LogP contribution is 2.39. The van der Waals surface area contributed by atoms with Crippen molar-refractivity contribution in [3.8, 4) is 84.4 Å². The number of rotatable bonds is 8. The van der Waals surface area contributed by atoms with Gasteiger partial charge in [0.05, 0.1) is 16.5 Å². The summed E-state index contributed by atoms with van der Waals surface area (Å²) in [5, 5.41) is 1.18. The first kappa shape index (κ1) is 31.7. The molecule has 4 nitrogen and oxygen atoms in total. The first-order valence-corrected chi connectivity index (χ1v) is 20.3. The summed E-state index contributed by atoms with van der Waals surface area (Å²) in [5.74, 6) is 1.54. The van der Waals surface area contributed by atoms with Gasteiger partial charge in [0, 0.05) is 38.7 Å². The molecule has 0 atom stereocenters. The molecular weight excluding hydrogens is 741 g/mol. The van der Waals surface area contributed by atoms with E-state index in [0.29, 0.717) is 34.1 Å². The van der Waals surface area contributed by atoms with Gasteiger partial charge in [-0.1, -0.05) is 212 Å². The van der Waals surface area contributed by atoms with Crippen LogP contribution in [0.5, 0.6) is 0 Å². The zero-order chi connectivity index (χ0) is 44.0. The number of benzene rings is 9. The molecule has 0 spiro atoms. The van der Waals surface area contributed by atoms with Crippen LogP contribution in [0.4, 0.5) is 0 Å². The van der Waals surface area contributed by atoms with Crippen LogP contribution in [0.1, 0.15) is 5.48 Å². The molecule has 0 aliphatic heterocycles. The average molecular weight is 783 g/mol. The van der Waals surface area contributed by atoms with Gasteiger partial charge in [-0.3, -0.25) is 0 Å². The van der Waals surface area contributed by atoms with Gasteiger partial charge in [0.2, 0.25) is 0 Å². The lowest BCUT2D eigenvalue weighted by Crippen LogP contribution is -2.01. The van der Waals surface area contributed by atoms with Gasteiger partial charge < -0.3 is 4.57 Å². The fourth-order valence-electron chi connectivity index (χ4n) is 8.16. The molecule has 11 aromatic rings. The maximum atomic E-state index is 9.31. The first-order valence-electron chi connectivity index (χ1n) is 22.3. The molecule has 0 aliphatic rings. The van der Waals surface area contributed by atoms with Crippen molar-refractivity contribution >= 4 is 21.8 Å². The highest BCUT2D eigenvalue weighted by atomic mass is 15.0. The SMILES string of the molecule is [2H]c1c([2H])c([2H])c2c(c1[2H])c1cccc(-c3ccc(-c4ccc(-c5ccccc5)cc4)cc3)c1n2-c1cccc(-c2nc(-c3ccccc3)nc(-c3ccc(-c4ccccc4)cc3)n2)c1. The van der Waals surface area contributed by atoms with E-state index in [4.69, 9.17) is 17.7 Å². The van der Waals surface area contributed by atoms with E-state index >= 15 is 0 Å². The fraction of sp³-hybridized carbons (Fsp3) is 0. The molecule has 4 heteroatoms. The van der Waals surface area contributed by atoms with Gasteiger partial charge >= 0.3 is 0 Å². The number of nitrogens with zero attached hydrogens (tertiary/aromatic N) is 4. The van der Waals surface area contributed by atoms with E-state index in [1.165, 1.54) is 5.56 Å². The van der Waals surface area contributed by atoms with Crippen molar-refractivity contribution in [2.75, 3.05) is 0 Å². The minimum absolute atomic E-state index is 0.0831. The third kappa shape index (κ3) is 6.86. The second-order valence-electron chi connectivity index (χ2n) is 14.9. The summed E-state index contributed by atoms with van der Waals surface area (Å²) in [6.07, 6.45) is 0. The van der Waals surface area contributed by atoms with E-state index in [-0.39, 0.29) is 24.2 Å². The van der Waals surface area contributed by atoms with Crippen LogP contribution in [0.25, 0.3) is 106 Å². The maximum Gasteiger partial charge on any atom is 0.164 e. The predicted octanol–water partition coefficient (Wildman–Crippen LogP) is 14.6. The number of aromatic nitrogens is 4. The summed E-state index contributed by atoms with van der Waals surface area (Å²) in [5.41, 5.74) is 12.8. The molecule has 0 amide bonds. The van der Waals surface area contributed by atoms with E-state index < -0.39 is 0 Å². The minimum atomic E-state index is -0.292. The summed E-state index contributed by atoms with van der Waals surface area (Å²) in [6, 6.07) is 68.7. The number of para-hydroxylation sites is 2. The Hall–Kier alpha value is -8.21. The van der Waals surface area contributed by atoms with Gasteiger partial charge in [-0.05, 0) is 57.1 Å². The molecule has 2 aromatic heterocycles. The molecule has 286 valence electrons. The van der Waals surface area contributed by atoms with Crippen molar-refractivity contribution < 1.29 is 5.48 Å². The Kier molecular flexibility index (Phi) is 8.07. The smallest absolute Gasteiger partial charge is 0.164 e. The Labute approximate surface area is 360 Å². The van der Waals surface area contributed by atoms with Crippen LogP contribution in [0, 0.1) is 0 Å². The highest BCUT2D eigenvalue weighted by Gasteiger charge is 2.18. The molecule has 0 saturated carbocycles. The predicted molar refractivity (Wildman–Crippen MR) is 252 cm³/mol. The number of fused-ring (bicyclic) bond motifs is 3. The van der Waals surface area contributed by atoms with Gasteiger partial charge in [-0.25, -0.2) is 15.0 Å². The molecule has 9 aromatic carbocycles. The Balaban J connectivity index is 1.05. The molecule has 61 heavy (non-hydrogen) atoms. The average Bonchev–Trinajstić information content (AvgIpc) is 3.74. The van der Waals surface area contributed by atoms with Crippen molar-refractivity contribution in [1.29, 1.82) is 0 Å². The minimum Gasteiger partial charge on any atom is -0.309 e. The van der Waals surface area contributed by atoms with Crippen molar-refractivity contribution in [3.63, 3.8) is 0 Å². The standard InChI is InChI=1S/C57H38N4/c1-4-14-39(15-5-1)41-26-28-43(29-27-41)44-30-34-45(35-31-44)50-23-13-24-52-51-22-10-11-25-53(51)61(54(50)52)49-21-12-20-48(38-49)57-59-55(46-18-8-3-9-19-46)58-56(60-57)47-36-32-42(33-37-47)40-16-6-2-7-17-40/h1-38H/i10D,11D,22D,25D. The molecule has 0 unspecified atom stereocenters. The van der Waals surface area contributed by atoms with Crippen LogP contribution >= 0.6 is 0 Å². The van der Waals surface area contributed by atoms with Crippen molar-refractivity contribution in [1.82, 2.24) is 19.5 Å². The molecule has 0 N–H and O–H groups in total. The van der Waals surface area contributed by atoms with Gasteiger partial charge in [0.15, 0.2) is 17.5 Å². The van der Waals surface area contributed by atoms with E-state index in [9.17, 15) is 2.74 Å². The second kappa shape index (κ2) is 15.5. The van der Waals surface area contributed by atoms with Crippen LogP contribution in [-0.2, 0) is 0 Å². The summed E-state index contributed by atoms with van der Waals surface area (Å²) in [4.78, 5) is 15.1. The first-order chi connectivity index (χ1) is 31.9. The number of hydrogen-bond donors (Lipinski definition) is 0. The Bertz CT molecular complexity index is 3540. The summed E-state index contributed by atoms with van der Waals surface area (Å²) < 4.78 is 37.9. The highest BCUT2D eigenvalue weighted by molar-refractivity contribution is 6.13. The Morgan fingerprint density at radius 2 is 0.738 bits per heavy atom. The topological polar surface area (TPSA) is 43.6 Å². The van der Waals surface area contributed by atoms with Crippen LogP contribution in [0.3, 0.4) is 0 Å². The van der Waals surface area contributed by atoms with E-state index in [1.54, 1.807) is 0 Å². The summed E-state index contributed by atoms with van der Waals surface area (Å²) in [6.45, 7) is 0. The Morgan fingerprint density at radius 1 is 0.328 bits per heavy atom. The molecule has 11 rings (SSSR count). The van der Waals surface area contributed by atoms with Crippen LogP contribution in [0.2, 0.25) is 0 Å². The van der Waals surface area contributed by atoms with Crippen LogP contribution in [-0.4, -0.2) is 19.5 Å². The molecule has 0 fully saturated rings. The van der Waals surface area contributed by atoms with Gasteiger partial charge in [-0.2, -0.15) is 0 Å². The lowest BCUT2D eigenvalue weighted by molar-refractivity contribution is 1.07. The van der Waals surface area contributed by atoms with Crippen molar-refractivity contribution in [3.05, 3.63) is 230 Å². The van der Waals surface area contributed by atoms with Crippen molar-refractivity contribution in [2.24, 2.45) is 0 Å². The molecular formula is C57H38N4. The lowest BCUT2D eigenvalue weighted by atomic mass is 9.97. The lowest BCUT2D eigenvalue weighted by Gasteiger charge is -2.14. The zero-order valence-electron chi connectivity index (χ0n) is 36.9. The van der Waals surface area contributed by atoms with Crippen LogP contribution < -0.4 is 0 Å². The molecule has 2 heterocycles. The quantitative estimate of drug-likeness (QED) is 0.154. The molecule has 0 saturated heterocycles. The van der Waals surface area contributed by atoms with Crippen LogP contribution in [0.15, 0.2) is 230 Å². The molecule has 0 bridgehead atoms. The summed E-state index contributed by atoms with van der Waals surface area (Å²) in [7, 11) is 0. The molecule has 0 radical (unpaired) electrons. The fourth-order valence-corrected chi connectivity index (χ4v) is 8.16.